The maximum Gasteiger partial charge on any atom is 0.326 e. The average molecular weight is 331 g/mol. The van der Waals surface area contributed by atoms with Crippen molar-refractivity contribution in [2.24, 2.45) is 0 Å². The van der Waals surface area contributed by atoms with Gasteiger partial charge in [-0.1, -0.05) is 0 Å². The minimum Gasteiger partial charge on any atom is -0.480 e. The summed E-state index contributed by atoms with van der Waals surface area (Å²) in [6, 6.07) is 3.75. The molecule has 0 aliphatic heterocycles. The Hall–Kier alpha value is -1.60. The van der Waals surface area contributed by atoms with Gasteiger partial charge in [-0.05, 0) is 34.1 Å². The molecule has 0 fully saturated rings. The number of nitrogens with two attached hydrogens (primary N) is 1. The summed E-state index contributed by atoms with van der Waals surface area (Å²) in [5.74, 6) is -1.60. The van der Waals surface area contributed by atoms with Gasteiger partial charge in [-0.15, -0.1) is 0 Å². The van der Waals surface area contributed by atoms with Crippen molar-refractivity contribution in [2.45, 2.75) is 12.5 Å². The summed E-state index contributed by atoms with van der Waals surface area (Å²) in [7, 11) is 1.47. The van der Waals surface area contributed by atoms with Crippen LogP contribution in [0, 0.1) is 0 Å². The molecule has 1 atom stereocenters. The van der Waals surface area contributed by atoms with Crippen LogP contribution >= 0.6 is 15.9 Å². The van der Waals surface area contributed by atoms with E-state index in [9.17, 15) is 9.59 Å². The largest absolute Gasteiger partial charge is 0.480 e. The lowest BCUT2D eigenvalue weighted by molar-refractivity contribution is -0.139. The molecule has 1 rings (SSSR count). The number of carboxylic acid groups (broad SMARTS) is 1. The van der Waals surface area contributed by atoms with Crippen molar-refractivity contribution in [2.75, 3.05) is 19.5 Å². The van der Waals surface area contributed by atoms with Crippen LogP contribution in [0.25, 0.3) is 0 Å². The molecular formula is C12H15BrN2O4. The number of rotatable bonds is 6. The highest BCUT2D eigenvalue weighted by molar-refractivity contribution is 9.10. The summed E-state index contributed by atoms with van der Waals surface area (Å²) in [5, 5.41) is 11.4. The van der Waals surface area contributed by atoms with E-state index in [1.165, 1.54) is 13.2 Å². The van der Waals surface area contributed by atoms with Crippen molar-refractivity contribution in [3.63, 3.8) is 0 Å². The molecule has 0 heterocycles. The van der Waals surface area contributed by atoms with Gasteiger partial charge in [0.1, 0.15) is 6.04 Å². The van der Waals surface area contributed by atoms with Gasteiger partial charge in [-0.25, -0.2) is 4.79 Å². The first-order valence-electron chi connectivity index (χ1n) is 5.53. The fourth-order valence-electron chi connectivity index (χ4n) is 1.45. The SMILES string of the molecule is COCCC(NC(=O)c1cc(N)ccc1Br)C(=O)O. The minimum absolute atomic E-state index is 0.192. The van der Waals surface area contributed by atoms with Crippen LogP contribution < -0.4 is 11.1 Å². The van der Waals surface area contributed by atoms with Crippen molar-refractivity contribution in [1.29, 1.82) is 0 Å². The molecule has 7 heteroatoms. The highest BCUT2D eigenvalue weighted by atomic mass is 79.9. The topological polar surface area (TPSA) is 102 Å². The Balaban J connectivity index is 2.81. The van der Waals surface area contributed by atoms with Crippen LogP contribution in [0.15, 0.2) is 22.7 Å². The average Bonchev–Trinajstić information content (AvgIpc) is 2.36. The summed E-state index contributed by atoms with van der Waals surface area (Å²) in [6.07, 6.45) is 0.192. The van der Waals surface area contributed by atoms with E-state index in [4.69, 9.17) is 15.6 Å². The first-order chi connectivity index (χ1) is 8.95. The predicted molar refractivity (Wildman–Crippen MR) is 73.9 cm³/mol. The molecule has 1 amide bonds. The van der Waals surface area contributed by atoms with Gasteiger partial charge in [0.05, 0.1) is 5.56 Å². The zero-order chi connectivity index (χ0) is 14.4. The fourth-order valence-corrected chi connectivity index (χ4v) is 1.87. The molecule has 1 aromatic carbocycles. The maximum atomic E-state index is 12.0. The fraction of sp³-hybridized carbons (Fsp3) is 0.333. The number of anilines is 1. The van der Waals surface area contributed by atoms with Crippen LogP contribution in [0.1, 0.15) is 16.8 Å². The Morgan fingerprint density at radius 1 is 1.53 bits per heavy atom. The van der Waals surface area contributed by atoms with E-state index in [1.807, 2.05) is 0 Å². The standard InChI is InChI=1S/C12H15BrN2O4/c1-19-5-4-10(12(17)18)15-11(16)8-6-7(14)2-3-9(8)13/h2-3,6,10H,4-5,14H2,1H3,(H,15,16)(H,17,18). The van der Waals surface area contributed by atoms with Gasteiger partial charge < -0.3 is 20.9 Å². The van der Waals surface area contributed by atoms with E-state index in [-0.39, 0.29) is 13.0 Å². The molecule has 0 aliphatic carbocycles. The summed E-state index contributed by atoms with van der Waals surface area (Å²) in [4.78, 5) is 23.0. The number of nitrogens with one attached hydrogen (secondary N) is 1. The Kier molecular flexibility index (Phi) is 5.78. The number of ether oxygens (including phenoxy) is 1. The van der Waals surface area contributed by atoms with Crippen molar-refractivity contribution in [3.8, 4) is 0 Å². The van der Waals surface area contributed by atoms with Crippen LogP contribution in [0.3, 0.4) is 0 Å². The smallest absolute Gasteiger partial charge is 0.326 e. The Morgan fingerprint density at radius 2 is 2.21 bits per heavy atom. The first-order valence-corrected chi connectivity index (χ1v) is 6.32. The highest BCUT2D eigenvalue weighted by Crippen LogP contribution is 2.19. The van der Waals surface area contributed by atoms with Crippen molar-refractivity contribution in [3.05, 3.63) is 28.2 Å². The van der Waals surface area contributed by atoms with Crippen molar-refractivity contribution < 1.29 is 19.4 Å². The van der Waals surface area contributed by atoms with Crippen LogP contribution in [0.5, 0.6) is 0 Å². The number of carbonyl (C=O) groups excluding carboxylic acids is 1. The van der Waals surface area contributed by atoms with Crippen LogP contribution in [-0.4, -0.2) is 36.7 Å². The van der Waals surface area contributed by atoms with Crippen molar-refractivity contribution >= 4 is 33.5 Å². The van der Waals surface area contributed by atoms with Crippen LogP contribution in [0.4, 0.5) is 5.69 Å². The van der Waals surface area contributed by atoms with Gasteiger partial charge >= 0.3 is 5.97 Å². The number of benzene rings is 1. The van der Waals surface area contributed by atoms with Gasteiger partial charge in [0, 0.05) is 30.3 Å². The number of nitrogen functional groups attached to an aromatic ring is 1. The van der Waals surface area contributed by atoms with E-state index in [0.29, 0.717) is 15.7 Å². The normalized spacial score (nSPS) is 11.9. The first kappa shape index (κ1) is 15.5. The van der Waals surface area contributed by atoms with E-state index >= 15 is 0 Å². The molecule has 0 radical (unpaired) electrons. The van der Waals surface area contributed by atoms with E-state index in [0.717, 1.165) is 0 Å². The van der Waals surface area contributed by atoms with Crippen molar-refractivity contribution in [1.82, 2.24) is 5.32 Å². The maximum absolute atomic E-state index is 12.0. The molecule has 6 nitrogen and oxygen atoms in total. The van der Waals surface area contributed by atoms with E-state index < -0.39 is 17.9 Å². The molecule has 0 bridgehead atoms. The van der Waals surface area contributed by atoms with Gasteiger partial charge in [0.2, 0.25) is 0 Å². The number of carbonyl (C=O) groups is 2. The summed E-state index contributed by atoms with van der Waals surface area (Å²) < 4.78 is 5.36. The molecule has 4 N–H and O–H groups in total. The zero-order valence-electron chi connectivity index (χ0n) is 10.4. The van der Waals surface area contributed by atoms with Crippen LogP contribution in [-0.2, 0) is 9.53 Å². The lowest BCUT2D eigenvalue weighted by atomic mass is 10.1. The third-order valence-electron chi connectivity index (χ3n) is 2.45. The van der Waals surface area contributed by atoms with Gasteiger partial charge in [-0.3, -0.25) is 4.79 Å². The number of aliphatic carboxylic acids is 1. The van der Waals surface area contributed by atoms with Gasteiger partial charge in [0.25, 0.3) is 5.91 Å². The number of hydrogen-bond donors (Lipinski definition) is 3. The van der Waals surface area contributed by atoms with Crippen LogP contribution in [0.2, 0.25) is 0 Å². The molecule has 0 saturated heterocycles. The number of amides is 1. The Bertz CT molecular complexity index is 479. The number of methoxy groups -OCH3 is 1. The molecular weight excluding hydrogens is 316 g/mol. The second-order valence-corrected chi connectivity index (χ2v) is 4.74. The summed E-state index contributed by atoms with van der Waals surface area (Å²) in [5.41, 5.74) is 6.32. The third kappa shape index (κ3) is 4.53. The summed E-state index contributed by atoms with van der Waals surface area (Å²) in [6.45, 7) is 0.245. The van der Waals surface area contributed by atoms with E-state index in [2.05, 4.69) is 21.2 Å². The quantitative estimate of drug-likeness (QED) is 0.681. The number of hydrogen-bond acceptors (Lipinski definition) is 4. The summed E-state index contributed by atoms with van der Waals surface area (Å²) >= 11 is 3.22. The highest BCUT2D eigenvalue weighted by Gasteiger charge is 2.21. The molecule has 1 aromatic rings. The van der Waals surface area contributed by atoms with E-state index in [1.54, 1.807) is 12.1 Å². The molecule has 0 aromatic heterocycles. The monoisotopic (exact) mass is 330 g/mol. The zero-order valence-corrected chi connectivity index (χ0v) is 11.9. The number of halogens is 1. The molecule has 104 valence electrons. The van der Waals surface area contributed by atoms with Gasteiger partial charge in [0.15, 0.2) is 0 Å². The Morgan fingerprint density at radius 3 is 2.79 bits per heavy atom. The van der Waals surface area contributed by atoms with Gasteiger partial charge in [-0.2, -0.15) is 0 Å². The molecule has 19 heavy (non-hydrogen) atoms. The second-order valence-electron chi connectivity index (χ2n) is 3.89. The molecule has 1 unspecified atom stereocenters. The molecule has 0 aliphatic rings. The lowest BCUT2D eigenvalue weighted by Gasteiger charge is -2.14. The Labute approximate surface area is 119 Å². The number of carboxylic acids is 1. The second kappa shape index (κ2) is 7.10. The molecule has 0 saturated carbocycles. The predicted octanol–water partition coefficient (Wildman–Crippen LogP) is 1.25. The lowest BCUT2D eigenvalue weighted by Crippen LogP contribution is -2.41. The molecule has 0 spiro atoms. The third-order valence-corrected chi connectivity index (χ3v) is 3.14. The minimum atomic E-state index is -1.11.